The molecule has 2 amide bonds. The summed E-state index contributed by atoms with van der Waals surface area (Å²) in [6, 6.07) is 25.9. The van der Waals surface area contributed by atoms with E-state index in [1.54, 1.807) is 6.07 Å². The number of aromatic hydroxyl groups is 1. The van der Waals surface area contributed by atoms with Gasteiger partial charge in [0.15, 0.2) is 0 Å². The normalized spacial score (nSPS) is 14.0. The number of hydrogen-bond donors (Lipinski definition) is 5. The van der Waals surface area contributed by atoms with Gasteiger partial charge in [0.1, 0.15) is 17.5 Å². The molecule has 50 heavy (non-hydrogen) atoms. The molecule has 11 nitrogen and oxygen atoms in total. The van der Waals surface area contributed by atoms with Crippen LogP contribution in [-0.4, -0.2) is 65.5 Å². The molecule has 0 radical (unpaired) electrons. The van der Waals surface area contributed by atoms with Gasteiger partial charge in [-0.25, -0.2) is 9.59 Å². The molecule has 1 aliphatic heterocycles. The van der Waals surface area contributed by atoms with Crippen LogP contribution in [0, 0.1) is 13.8 Å². The highest BCUT2D eigenvalue weighted by molar-refractivity contribution is 5.92. The highest BCUT2D eigenvalue weighted by Gasteiger charge is 2.23. The Morgan fingerprint density at radius 2 is 1.68 bits per heavy atom. The van der Waals surface area contributed by atoms with Crippen LogP contribution in [0.4, 0.5) is 21.9 Å². The monoisotopic (exact) mass is 677 g/mol. The molecule has 260 valence electrons. The third kappa shape index (κ3) is 9.87. The van der Waals surface area contributed by atoms with Crippen molar-refractivity contribution in [3.8, 4) is 16.9 Å². The maximum absolute atomic E-state index is 12.9. The Labute approximate surface area is 292 Å². The van der Waals surface area contributed by atoms with Crippen LogP contribution in [0.3, 0.4) is 0 Å². The van der Waals surface area contributed by atoms with E-state index in [0.717, 1.165) is 46.6 Å². The summed E-state index contributed by atoms with van der Waals surface area (Å²) in [5, 5.41) is 29.6. The second-order valence-corrected chi connectivity index (χ2v) is 12.5. The van der Waals surface area contributed by atoms with Crippen molar-refractivity contribution in [3.63, 3.8) is 0 Å². The molecule has 11 heteroatoms. The van der Waals surface area contributed by atoms with E-state index in [-0.39, 0.29) is 30.0 Å². The zero-order valence-corrected chi connectivity index (χ0v) is 28.3. The Kier molecular flexibility index (Phi) is 12.5. The molecule has 0 bridgehead atoms. The summed E-state index contributed by atoms with van der Waals surface area (Å²) in [6.07, 6.45) is 1.62. The minimum atomic E-state index is -0.873. The van der Waals surface area contributed by atoms with Crippen LogP contribution in [0.5, 0.6) is 5.75 Å². The van der Waals surface area contributed by atoms with Crippen molar-refractivity contribution in [2.45, 2.75) is 51.9 Å². The number of nitrogens with one attached hydrogen (secondary N) is 3. The van der Waals surface area contributed by atoms with E-state index in [1.165, 1.54) is 18.2 Å². The van der Waals surface area contributed by atoms with Crippen LogP contribution < -0.4 is 16.0 Å². The molecule has 5 N–H and O–H groups in total. The second kappa shape index (κ2) is 17.4. The number of isocyanates is 1. The second-order valence-electron chi connectivity index (χ2n) is 12.5. The molecule has 1 aliphatic rings. The summed E-state index contributed by atoms with van der Waals surface area (Å²) in [7, 11) is 0. The van der Waals surface area contributed by atoms with Gasteiger partial charge >= 0.3 is 6.09 Å². The van der Waals surface area contributed by atoms with E-state index in [0.29, 0.717) is 43.6 Å². The van der Waals surface area contributed by atoms with Crippen molar-refractivity contribution in [3.05, 3.63) is 107 Å². The summed E-state index contributed by atoms with van der Waals surface area (Å²) in [4.78, 5) is 41.9. The van der Waals surface area contributed by atoms with E-state index in [4.69, 9.17) is 4.74 Å². The Balaban J connectivity index is 1.03. The lowest BCUT2D eigenvalue weighted by molar-refractivity contribution is -0.116. The number of aliphatic imine (C=N–C) groups is 1. The predicted octanol–water partition coefficient (Wildman–Crippen LogP) is 6.51. The van der Waals surface area contributed by atoms with Crippen LogP contribution in [0.2, 0.25) is 0 Å². The number of phenolic OH excluding ortho intramolecular Hbond substituents is 1. The maximum Gasteiger partial charge on any atom is 0.411 e. The zero-order valence-electron chi connectivity index (χ0n) is 28.3. The Hall–Kier alpha value is -5.32. The number of anilines is 2. The topological polar surface area (TPSA) is 153 Å². The van der Waals surface area contributed by atoms with E-state index in [2.05, 4.69) is 25.8 Å². The first kappa shape index (κ1) is 36.0. The van der Waals surface area contributed by atoms with E-state index >= 15 is 0 Å². The van der Waals surface area contributed by atoms with Crippen LogP contribution in [0.15, 0.2) is 89.9 Å². The maximum atomic E-state index is 12.9. The molecule has 5 rings (SSSR count). The number of para-hydroxylation sites is 1. The van der Waals surface area contributed by atoms with Crippen LogP contribution in [0.1, 0.15) is 47.6 Å². The summed E-state index contributed by atoms with van der Waals surface area (Å²) in [6.45, 7) is 6.74. The molecule has 0 aromatic heterocycles. The number of likely N-dealkylation sites (tertiary alicyclic amines) is 1. The fraction of sp³-hybridized carbons (Fsp3) is 0.308. The number of aliphatic hydroxyl groups excluding tert-OH is 1. The number of amides is 2. The molecule has 1 atom stereocenters. The standard InChI is InChI=1S/C39H43N5O6/c1-26-21-34(27(2)20-30(26)23-40-24-37(47)29-12-13-36(46)35(22-29)41-25-45)42-38(48)16-19-44-17-14-31(15-18-44)50-39(49)43-33-11-7-6-10-32(33)28-8-4-3-5-9-28/h3-13,20-22,31,37,40,46-47H,14-19,23-24H2,1-2H3,(H,42,48)(H,43,49)/t37-/m0/s1. The van der Waals surface area contributed by atoms with Gasteiger partial charge < -0.3 is 30.5 Å². The van der Waals surface area contributed by atoms with Crippen LogP contribution in [0.25, 0.3) is 11.1 Å². The van der Waals surface area contributed by atoms with Crippen molar-refractivity contribution in [1.29, 1.82) is 0 Å². The number of aryl methyl sites for hydroxylation is 2. The van der Waals surface area contributed by atoms with Gasteiger partial charge in [0.25, 0.3) is 0 Å². The van der Waals surface area contributed by atoms with E-state index in [9.17, 15) is 24.6 Å². The lowest BCUT2D eigenvalue weighted by atomic mass is 10.0. The Bertz CT molecular complexity index is 1830. The number of ether oxygens (including phenoxy) is 1. The van der Waals surface area contributed by atoms with Gasteiger partial charge in [-0.05, 0) is 78.8 Å². The third-order valence-corrected chi connectivity index (χ3v) is 8.87. The van der Waals surface area contributed by atoms with E-state index < -0.39 is 12.2 Å². The SMILES string of the molecule is Cc1cc(NC(=O)CCN2CCC(OC(=O)Nc3ccccc3-c3ccccc3)CC2)c(C)cc1CNC[C@H](O)c1ccc(O)c(N=C=O)c1. The van der Waals surface area contributed by atoms with Crippen molar-refractivity contribution in [2.24, 2.45) is 4.99 Å². The smallest absolute Gasteiger partial charge is 0.411 e. The molecule has 0 aliphatic carbocycles. The molecule has 1 heterocycles. The Morgan fingerprint density at radius 1 is 0.940 bits per heavy atom. The largest absolute Gasteiger partial charge is 0.506 e. The number of phenols is 1. The fourth-order valence-corrected chi connectivity index (χ4v) is 6.02. The molecule has 4 aromatic rings. The minimum Gasteiger partial charge on any atom is -0.506 e. The summed E-state index contributed by atoms with van der Waals surface area (Å²) >= 11 is 0. The van der Waals surface area contributed by atoms with Crippen molar-refractivity contribution in [2.75, 3.05) is 36.8 Å². The lowest BCUT2D eigenvalue weighted by Crippen LogP contribution is -2.39. The summed E-state index contributed by atoms with van der Waals surface area (Å²) in [5.74, 6) is -0.227. The first-order chi connectivity index (χ1) is 24.2. The first-order valence-corrected chi connectivity index (χ1v) is 16.7. The van der Waals surface area contributed by atoms with Gasteiger partial charge in [-0.15, -0.1) is 0 Å². The van der Waals surface area contributed by atoms with E-state index in [1.807, 2.05) is 80.6 Å². The number of rotatable bonds is 13. The predicted molar refractivity (Wildman–Crippen MR) is 193 cm³/mol. The van der Waals surface area contributed by atoms with Gasteiger partial charge in [0.2, 0.25) is 12.0 Å². The lowest BCUT2D eigenvalue weighted by Gasteiger charge is -2.31. The van der Waals surface area contributed by atoms with Gasteiger partial charge in [-0.3, -0.25) is 10.1 Å². The number of carbonyl (C=O) groups excluding carboxylic acids is 3. The minimum absolute atomic E-state index is 0.0542. The molecule has 0 unspecified atom stereocenters. The molecule has 4 aromatic carbocycles. The first-order valence-electron chi connectivity index (χ1n) is 16.7. The average molecular weight is 678 g/mol. The molecule has 1 fully saturated rings. The Morgan fingerprint density at radius 3 is 2.44 bits per heavy atom. The fourth-order valence-electron chi connectivity index (χ4n) is 6.02. The molecular formula is C39H43N5O6. The third-order valence-electron chi connectivity index (χ3n) is 8.87. The quantitative estimate of drug-likeness (QED) is 0.0794. The molecule has 0 saturated carbocycles. The van der Waals surface area contributed by atoms with Gasteiger partial charge in [-0.2, -0.15) is 4.99 Å². The molecule has 1 saturated heterocycles. The summed E-state index contributed by atoms with van der Waals surface area (Å²) in [5.41, 5.74) is 6.93. The number of piperidine rings is 1. The van der Waals surface area contributed by atoms with Gasteiger partial charge in [-0.1, -0.05) is 60.7 Å². The highest BCUT2D eigenvalue weighted by Crippen LogP contribution is 2.30. The van der Waals surface area contributed by atoms with Crippen molar-refractivity contribution in [1.82, 2.24) is 10.2 Å². The number of benzene rings is 4. The van der Waals surface area contributed by atoms with Gasteiger partial charge in [0.05, 0.1) is 11.8 Å². The van der Waals surface area contributed by atoms with Crippen LogP contribution in [-0.2, 0) is 20.9 Å². The average Bonchev–Trinajstić information content (AvgIpc) is 3.11. The van der Waals surface area contributed by atoms with Crippen LogP contribution >= 0.6 is 0 Å². The molecular weight excluding hydrogens is 634 g/mol. The van der Waals surface area contributed by atoms with Crippen molar-refractivity contribution >= 4 is 35.1 Å². The number of nitrogens with zero attached hydrogens (tertiary/aromatic N) is 2. The van der Waals surface area contributed by atoms with Crippen molar-refractivity contribution < 1.29 is 29.3 Å². The zero-order chi connectivity index (χ0) is 35.5. The highest BCUT2D eigenvalue weighted by atomic mass is 16.6. The number of hydrogen-bond acceptors (Lipinski definition) is 9. The summed E-state index contributed by atoms with van der Waals surface area (Å²) < 4.78 is 5.75. The molecule has 0 spiro atoms. The number of aliphatic hydroxyl groups is 1. The van der Waals surface area contributed by atoms with Gasteiger partial charge in [0, 0.05) is 50.4 Å². The number of carbonyl (C=O) groups is 2.